The van der Waals surface area contributed by atoms with Crippen molar-refractivity contribution in [3.05, 3.63) is 29.3 Å². The number of benzene rings is 1. The van der Waals surface area contributed by atoms with Crippen LogP contribution in [0, 0.1) is 11.8 Å². The number of carbonyl (C=O) groups is 3. The van der Waals surface area contributed by atoms with Gasteiger partial charge in [0.05, 0.1) is 36.0 Å². The highest BCUT2D eigenvalue weighted by Gasteiger charge is 2.33. The SMILES string of the molecule is O=C(NCC(C(=O)N1CCOCC1)C1CCCCC1)OCCCC(=O)c1nc2ccccc2s1. The predicted octanol–water partition coefficient (Wildman–Crippen LogP) is 4.04. The van der Waals surface area contributed by atoms with Gasteiger partial charge in [-0.2, -0.15) is 0 Å². The molecule has 4 rings (SSSR count). The molecule has 8 nitrogen and oxygen atoms in total. The number of para-hydroxylation sites is 1. The summed E-state index contributed by atoms with van der Waals surface area (Å²) in [4.78, 5) is 44.1. The van der Waals surface area contributed by atoms with E-state index >= 15 is 0 Å². The third-order valence-corrected chi connectivity index (χ3v) is 7.72. The predicted molar refractivity (Wildman–Crippen MR) is 130 cm³/mol. The molecule has 2 aromatic rings. The summed E-state index contributed by atoms with van der Waals surface area (Å²) in [6, 6.07) is 7.66. The summed E-state index contributed by atoms with van der Waals surface area (Å²) >= 11 is 1.38. The van der Waals surface area contributed by atoms with Gasteiger partial charge in [0, 0.05) is 26.1 Å². The molecule has 1 atom stereocenters. The average molecular weight is 488 g/mol. The number of nitrogens with one attached hydrogen (secondary N) is 1. The number of ketones is 1. The van der Waals surface area contributed by atoms with Gasteiger partial charge < -0.3 is 19.7 Å². The highest BCUT2D eigenvalue weighted by molar-refractivity contribution is 7.20. The number of nitrogens with zero attached hydrogens (tertiary/aromatic N) is 2. The normalized spacial score (nSPS) is 17.9. The molecule has 0 bridgehead atoms. The Bertz CT molecular complexity index is 949. The second-order valence-corrected chi connectivity index (χ2v) is 10.0. The molecule has 0 radical (unpaired) electrons. The van der Waals surface area contributed by atoms with E-state index in [9.17, 15) is 14.4 Å². The molecule has 1 aromatic carbocycles. The largest absolute Gasteiger partial charge is 0.450 e. The third kappa shape index (κ3) is 6.54. The fourth-order valence-corrected chi connectivity index (χ4v) is 5.68. The van der Waals surface area contributed by atoms with Crippen LogP contribution in [0.5, 0.6) is 0 Å². The second-order valence-electron chi connectivity index (χ2n) is 8.97. The Labute approximate surface area is 204 Å². The fourth-order valence-electron chi connectivity index (χ4n) is 4.75. The van der Waals surface area contributed by atoms with E-state index in [1.54, 1.807) is 0 Å². The van der Waals surface area contributed by atoms with Crippen LogP contribution in [0.15, 0.2) is 24.3 Å². The van der Waals surface area contributed by atoms with Crippen LogP contribution >= 0.6 is 11.3 Å². The lowest BCUT2D eigenvalue weighted by Gasteiger charge is -2.35. The Morgan fingerprint density at radius 3 is 2.68 bits per heavy atom. The van der Waals surface area contributed by atoms with Crippen molar-refractivity contribution >= 4 is 39.3 Å². The van der Waals surface area contributed by atoms with E-state index in [2.05, 4.69) is 10.3 Å². The van der Waals surface area contributed by atoms with Gasteiger partial charge in [0.15, 0.2) is 10.8 Å². The number of carbonyl (C=O) groups excluding carboxylic acids is 3. The van der Waals surface area contributed by atoms with Gasteiger partial charge in [0.1, 0.15) is 0 Å². The molecule has 2 fully saturated rings. The van der Waals surface area contributed by atoms with Crippen LogP contribution in [0.25, 0.3) is 10.2 Å². The second kappa shape index (κ2) is 12.3. The molecule has 2 aliphatic rings. The van der Waals surface area contributed by atoms with Crippen molar-refractivity contribution in [1.82, 2.24) is 15.2 Å². The highest BCUT2D eigenvalue weighted by Crippen LogP contribution is 2.31. The molecule has 1 saturated carbocycles. The van der Waals surface area contributed by atoms with E-state index in [1.165, 1.54) is 17.8 Å². The standard InChI is InChI=1S/C25H33N3O5S/c29-21(23-27-20-9-4-5-11-22(20)34-23)10-6-14-33-25(31)26-17-19(18-7-2-1-3-8-18)24(30)28-12-15-32-16-13-28/h4-5,9,11,18-19H,1-3,6-8,10,12-17H2,(H,26,31). The summed E-state index contributed by atoms with van der Waals surface area (Å²) in [5.41, 5.74) is 0.825. The molecule has 1 N–H and O–H groups in total. The number of alkyl carbamates (subject to hydrolysis) is 1. The first-order chi connectivity index (χ1) is 16.6. The number of ether oxygens (including phenoxy) is 2. The molecule has 2 heterocycles. The van der Waals surface area contributed by atoms with Crippen molar-refractivity contribution in [2.75, 3.05) is 39.5 Å². The van der Waals surface area contributed by atoms with Gasteiger partial charge in [0.25, 0.3) is 0 Å². The van der Waals surface area contributed by atoms with Crippen LogP contribution in [0.3, 0.4) is 0 Å². The molecule has 1 unspecified atom stereocenters. The summed E-state index contributed by atoms with van der Waals surface area (Å²) in [6.07, 6.45) is 5.67. The molecular weight excluding hydrogens is 454 g/mol. The summed E-state index contributed by atoms with van der Waals surface area (Å²) in [6.45, 7) is 2.77. The Hall–Kier alpha value is -2.52. The minimum absolute atomic E-state index is 0.0429. The van der Waals surface area contributed by atoms with Crippen LogP contribution in [0.2, 0.25) is 0 Å². The summed E-state index contributed by atoms with van der Waals surface area (Å²) in [7, 11) is 0. The van der Waals surface area contributed by atoms with Gasteiger partial charge in [-0.1, -0.05) is 31.4 Å². The van der Waals surface area contributed by atoms with Crippen molar-refractivity contribution < 1.29 is 23.9 Å². The first-order valence-corrected chi connectivity index (χ1v) is 13.1. The van der Waals surface area contributed by atoms with Gasteiger partial charge in [-0.3, -0.25) is 9.59 Å². The van der Waals surface area contributed by atoms with E-state index in [1.807, 2.05) is 29.2 Å². The lowest BCUT2D eigenvalue weighted by Crippen LogP contribution is -2.49. The molecule has 1 aliphatic carbocycles. The lowest BCUT2D eigenvalue weighted by atomic mass is 9.79. The van der Waals surface area contributed by atoms with Crippen LogP contribution in [0.1, 0.15) is 54.7 Å². The number of hydrogen-bond donors (Lipinski definition) is 1. The molecular formula is C25H33N3O5S. The molecule has 0 spiro atoms. The summed E-state index contributed by atoms with van der Waals surface area (Å²) < 4.78 is 11.7. The van der Waals surface area contributed by atoms with Gasteiger partial charge in [0.2, 0.25) is 5.91 Å². The van der Waals surface area contributed by atoms with Crippen molar-refractivity contribution in [3.63, 3.8) is 0 Å². The smallest absolute Gasteiger partial charge is 0.407 e. The zero-order valence-electron chi connectivity index (χ0n) is 19.5. The van der Waals surface area contributed by atoms with Crippen LogP contribution in [-0.2, 0) is 14.3 Å². The maximum Gasteiger partial charge on any atom is 0.407 e. The third-order valence-electron chi connectivity index (χ3n) is 6.64. The quantitative estimate of drug-likeness (QED) is 0.423. The molecule has 1 aliphatic heterocycles. The maximum atomic E-state index is 13.2. The zero-order valence-corrected chi connectivity index (χ0v) is 20.3. The van der Waals surface area contributed by atoms with Crippen molar-refractivity contribution in [1.29, 1.82) is 0 Å². The molecule has 184 valence electrons. The number of rotatable bonds is 9. The van der Waals surface area contributed by atoms with E-state index < -0.39 is 6.09 Å². The van der Waals surface area contributed by atoms with Crippen LogP contribution in [-0.4, -0.2) is 67.1 Å². The monoisotopic (exact) mass is 487 g/mol. The average Bonchev–Trinajstić information content (AvgIpc) is 3.32. The Morgan fingerprint density at radius 1 is 1.15 bits per heavy atom. The van der Waals surface area contributed by atoms with Gasteiger partial charge in [-0.25, -0.2) is 9.78 Å². The lowest BCUT2D eigenvalue weighted by molar-refractivity contribution is -0.141. The van der Waals surface area contributed by atoms with E-state index in [-0.39, 0.29) is 43.1 Å². The maximum absolute atomic E-state index is 13.2. The minimum Gasteiger partial charge on any atom is -0.450 e. The van der Waals surface area contributed by atoms with Crippen LogP contribution in [0.4, 0.5) is 4.79 Å². The molecule has 1 aromatic heterocycles. The Kier molecular flexibility index (Phi) is 8.87. The first kappa shape index (κ1) is 24.6. The summed E-state index contributed by atoms with van der Waals surface area (Å²) in [5.74, 6) is 0.123. The van der Waals surface area contributed by atoms with E-state index in [0.717, 1.165) is 35.9 Å². The molecule has 1 saturated heterocycles. The van der Waals surface area contributed by atoms with Crippen molar-refractivity contribution in [2.45, 2.75) is 44.9 Å². The fraction of sp³-hybridized carbons (Fsp3) is 0.600. The number of thiazole rings is 1. The first-order valence-electron chi connectivity index (χ1n) is 12.3. The molecule has 9 heteroatoms. The number of aromatic nitrogens is 1. The minimum atomic E-state index is -0.539. The topological polar surface area (TPSA) is 97.8 Å². The van der Waals surface area contributed by atoms with E-state index in [0.29, 0.717) is 37.7 Å². The number of Topliss-reactive ketones (excluding diaryl/α,β-unsaturated/α-hetero) is 1. The van der Waals surface area contributed by atoms with Crippen LogP contribution < -0.4 is 5.32 Å². The Balaban J connectivity index is 1.21. The van der Waals surface area contributed by atoms with Gasteiger partial charge >= 0.3 is 6.09 Å². The highest BCUT2D eigenvalue weighted by atomic mass is 32.1. The van der Waals surface area contributed by atoms with Gasteiger partial charge in [-0.05, 0) is 37.3 Å². The number of hydrogen-bond acceptors (Lipinski definition) is 7. The number of fused-ring (bicyclic) bond motifs is 1. The number of amides is 2. The Morgan fingerprint density at radius 2 is 1.91 bits per heavy atom. The van der Waals surface area contributed by atoms with Gasteiger partial charge in [-0.15, -0.1) is 11.3 Å². The molecule has 34 heavy (non-hydrogen) atoms. The summed E-state index contributed by atoms with van der Waals surface area (Å²) in [5, 5.41) is 3.29. The van der Waals surface area contributed by atoms with Crippen molar-refractivity contribution in [2.24, 2.45) is 11.8 Å². The zero-order chi connectivity index (χ0) is 23.8. The van der Waals surface area contributed by atoms with E-state index in [4.69, 9.17) is 9.47 Å². The van der Waals surface area contributed by atoms with Crippen molar-refractivity contribution in [3.8, 4) is 0 Å². The number of morpholine rings is 1. The molecule has 2 amide bonds.